The van der Waals surface area contributed by atoms with Crippen LogP contribution in [0.2, 0.25) is 0 Å². The number of carbonyl (C=O) groups is 1. The van der Waals surface area contributed by atoms with Crippen LogP contribution in [0.5, 0.6) is 0 Å². The molecule has 1 fully saturated rings. The topological polar surface area (TPSA) is 58.1 Å². The van der Waals surface area contributed by atoms with Crippen LogP contribution in [0.1, 0.15) is 62.1 Å². The fourth-order valence-electron chi connectivity index (χ4n) is 2.82. The van der Waals surface area contributed by atoms with Crippen molar-refractivity contribution in [2.75, 3.05) is 18.0 Å². The lowest BCUT2D eigenvalue weighted by molar-refractivity contribution is 0.0948. The van der Waals surface area contributed by atoms with E-state index in [1.807, 2.05) is 13.8 Å². The maximum absolute atomic E-state index is 12.1. The van der Waals surface area contributed by atoms with Gasteiger partial charge >= 0.3 is 0 Å². The summed E-state index contributed by atoms with van der Waals surface area (Å²) in [6.45, 7) is 7.83. The van der Waals surface area contributed by atoms with E-state index in [0.717, 1.165) is 25.1 Å². The lowest BCUT2D eigenvalue weighted by Crippen LogP contribution is -2.40. The molecular formula is C16H26N4O. The van der Waals surface area contributed by atoms with Gasteiger partial charge in [-0.05, 0) is 45.1 Å². The average Bonchev–Trinajstić information content (AvgIpc) is 2.51. The van der Waals surface area contributed by atoms with Gasteiger partial charge in [-0.2, -0.15) is 0 Å². The molecule has 1 aliphatic rings. The van der Waals surface area contributed by atoms with Crippen LogP contribution in [-0.2, 0) is 0 Å². The fraction of sp³-hybridized carbons (Fsp3) is 0.688. The summed E-state index contributed by atoms with van der Waals surface area (Å²) in [4.78, 5) is 23.5. The zero-order valence-corrected chi connectivity index (χ0v) is 13.4. The van der Waals surface area contributed by atoms with Gasteiger partial charge in [-0.1, -0.05) is 13.8 Å². The van der Waals surface area contributed by atoms with Crippen LogP contribution in [0, 0.1) is 6.92 Å². The van der Waals surface area contributed by atoms with E-state index >= 15 is 0 Å². The summed E-state index contributed by atoms with van der Waals surface area (Å²) in [7, 11) is 0. The van der Waals surface area contributed by atoms with Crippen LogP contribution >= 0.6 is 0 Å². The van der Waals surface area contributed by atoms with E-state index in [1.54, 1.807) is 6.07 Å². The predicted octanol–water partition coefficient (Wildman–Crippen LogP) is 2.69. The summed E-state index contributed by atoms with van der Waals surface area (Å²) < 4.78 is 0. The Morgan fingerprint density at radius 1 is 1.38 bits per heavy atom. The largest absolute Gasteiger partial charge is 0.351 e. The minimum Gasteiger partial charge on any atom is -0.351 e. The van der Waals surface area contributed by atoms with E-state index in [0.29, 0.717) is 24.2 Å². The van der Waals surface area contributed by atoms with Crippen molar-refractivity contribution in [3.63, 3.8) is 0 Å². The van der Waals surface area contributed by atoms with Crippen molar-refractivity contribution in [1.29, 1.82) is 0 Å². The Hall–Kier alpha value is -1.65. The van der Waals surface area contributed by atoms with Crippen LogP contribution in [0.25, 0.3) is 0 Å². The molecule has 2 heterocycles. The Labute approximate surface area is 127 Å². The van der Waals surface area contributed by atoms with Crippen molar-refractivity contribution in [3.8, 4) is 0 Å². The van der Waals surface area contributed by atoms with Gasteiger partial charge in [0, 0.05) is 24.8 Å². The number of hydrogen-bond acceptors (Lipinski definition) is 4. The molecule has 1 N–H and O–H groups in total. The summed E-state index contributed by atoms with van der Waals surface area (Å²) in [6, 6.07) is 2.26. The molecule has 0 bridgehead atoms. The Kier molecular flexibility index (Phi) is 5.53. The maximum atomic E-state index is 12.1. The number of carbonyl (C=O) groups excluding carboxylic acids is 1. The van der Waals surface area contributed by atoms with Crippen LogP contribution in [0.3, 0.4) is 0 Å². The first-order valence-corrected chi connectivity index (χ1v) is 8.06. The van der Waals surface area contributed by atoms with Crippen molar-refractivity contribution in [1.82, 2.24) is 15.3 Å². The summed E-state index contributed by atoms with van der Waals surface area (Å²) in [5, 5.41) is 2.88. The third-order valence-electron chi connectivity index (χ3n) is 3.97. The van der Waals surface area contributed by atoms with E-state index in [-0.39, 0.29) is 5.91 Å². The molecule has 0 aromatic carbocycles. The number of aryl methyl sites for hydroxylation is 1. The van der Waals surface area contributed by atoms with Crippen molar-refractivity contribution >= 4 is 11.9 Å². The van der Waals surface area contributed by atoms with Gasteiger partial charge in [0.2, 0.25) is 5.95 Å². The predicted molar refractivity (Wildman–Crippen MR) is 84.7 cm³/mol. The van der Waals surface area contributed by atoms with E-state index < -0.39 is 0 Å². The first-order valence-electron chi connectivity index (χ1n) is 8.06. The molecule has 116 valence electrons. The van der Waals surface area contributed by atoms with Crippen molar-refractivity contribution in [2.24, 2.45) is 0 Å². The van der Waals surface area contributed by atoms with E-state index in [9.17, 15) is 4.79 Å². The lowest BCUT2D eigenvalue weighted by Gasteiger charge is -2.35. The number of nitrogens with zero attached hydrogens (tertiary/aromatic N) is 3. The molecule has 0 spiro atoms. The monoisotopic (exact) mass is 290 g/mol. The highest BCUT2D eigenvalue weighted by molar-refractivity contribution is 5.92. The molecule has 1 aromatic rings. The summed E-state index contributed by atoms with van der Waals surface area (Å²) >= 11 is 0. The van der Waals surface area contributed by atoms with Crippen LogP contribution in [0.4, 0.5) is 5.95 Å². The van der Waals surface area contributed by atoms with Gasteiger partial charge in [-0.25, -0.2) is 9.97 Å². The molecule has 0 aliphatic carbocycles. The number of aromatic nitrogens is 2. The maximum Gasteiger partial charge on any atom is 0.270 e. The highest BCUT2D eigenvalue weighted by Gasteiger charge is 2.24. The number of hydrogen-bond donors (Lipinski definition) is 1. The van der Waals surface area contributed by atoms with Gasteiger partial charge < -0.3 is 10.2 Å². The third-order valence-corrected chi connectivity index (χ3v) is 3.97. The van der Waals surface area contributed by atoms with Crippen LogP contribution in [-0.4, -0.2) is 35.0 Å². The summed E-state index contributed by atoms with van der Waals surface area (Å²) in [5.41, 5.74) is 1.33. The zero-order chi connectivity index (χ0) is 15.2. The van der Waals surface area contributed by atoms with E-state index in [4.69, 9.17) is 0 Å². The minimum absolute atomic E-state index is 0.103. The number of anilines is 1. The van der Waals surface area contributed by atoms with E-state index in [2.05, 4.69) is 27.1 Å². The Morgan fingerprint density at radius 3 is 2.90 bits per heavy atom. The van der Waals surface area contributed by atoms with Gasteiger partial charge in [0.15, 0.2) is 0 Å². The highest BCUT2D eigenvalue weighted by Crippen LogP contribution is 2.24. The molecule has 1 amide bonds. The fourth-order valence-corrected chi connectivity index (χ4v) is 2.82. The standard InChI is InChI=1S/C16H26N4O/c1-4-9-17-15(21)14-11-12(3)18-16(19-14)20-10-7-6-8-13(20)5-2/h11,13H,4-10H2,1-3H3,(H,17,21). The van der Waals surface area contributed by atoms with Gasteiger partial charge in [0.1, 0.15) is 5.69 Å². The summed E-state index contributed by atoms with van der Waals surface area (Å²) in [6.07, 6.45) is 5.64. The summed E-state index contributed by atoms with van der Waals surface area (Å²) in [5.74, 6) is 0.608. The third kappa shape index (κ3) is 3.93. The zero-order valence-electron chi connectivity index (χ0n) is 13.4. The second-order valence-corrected chi connectivity index (χ2v) is 5.70. The van der Waals surface area contributed by atoms with Crippen molar-refractivity contribution in [3.05, 3.63) is 17.5 Å². The van der Waals surface area contributed by atoms with Gasteiger partial charge in [0.05, 0.1) is 0 Å². The Bertz CT molecular complexity index is 489. The van der Waals surface area contributed by atoms with Crippen LogP contribution in [0.15, 0.2) is 6.07 Å². The molecule has 2 rings (SSSR count). The minimum atomic E-state index is -0.103. The highest BCUT2D eigenvalue weighted by atomic mass is 16.1. The molecule has 1 atom stereocenters. The van der Waals surface area contributed by atoms with Gasteiger partial charge in [-0.15, -0.1) is 0 Å². The molecule has 1 aliphatic heterocycles. The molecule has 1 aromatic heterocycles. The number of nitrogens with one attached hydrogen (secondary N) is 1. The normalized spacial score (nSPS) is 18.6. The lowest BCUT2D eigenvalue weighted by atomic mass is 10.0. The van der Waals surface area contributed by atoms with Gasteiger partial charge in [-0.3, -0.25) is 4.79 Å². The second-order valence-electron chi connectivity index (χ2n) is 5.70. The molecule has 5 heteroatoms. The molecule has 5 nitrogen and oxygen atoms in total. The number of amides is 1. The van der Waals surface area contributed by atoms with Crippen molar-refractivity contribution in [2.45, 2.75) is 58.9 Å². The average molecular weight is 290 g/mol. The molecular weight excluding hydrogens is 264 g/mol. The number of rotatable bonds is 5. The molecule has 1 saturated heterocycles. The second kappa shape index (κ2) is 7.38. The molecule has 21 heavy (non-hydrogen) atoms. The molecule has 0 saturated carbocycles. The quantitative estimate of drug-likeness (QED) is 0.906. The smallest absolute Gasteiger partial charge is 0.270 e. The molecule has 0 radical (unpaired) electrons. The number of piperidine rings is 1. The van der Waals surface area contributed by atoms with Crippen molar-refractivity contribution < 1.29 is 4.79 Å². The van der Waals surface area contributed by atoms with Crippen LogP contribution < -0.4 is 10.2 Å². The Balaban J connectivity index is 2.23. The first-order chi connectivity index (χ1) is 10.2. The van der Waals surface area contributed by atoms with E-state index in [1.165, 1.54) is 19.3 Å². The molecule has 1 unspecified atom stereocenters. The Morgan fingerprint density at radius 2 is 2.19 bits per heavy atom. The SMILES string of the molecule is CCCNC(=O)c1cc(C)nc(N2CCCCC2CC)n1. The van der Waals surface area contributed by atoms with Gasteiger partial charge in [0.25, 0.3) is 5.91 Å². The first kappa shape index (κ1) is 15.7.